The van der Waals surface area contributed by atoms with Crippen molar-refractivity contribution in [1.29, 1.82) is 0 Å². The molecule has 1 aliphatic rings. The number of hydrogen-bond donors (Lipinski definition) is 2. The monoisotopic (exact) mass is 458 g/mol. The lowest BCUT2D eigenvalue weighted by Crippen LogP contribution is -2.35. The Bertz CT molecular complexity index is 1300. The van der Waals surface area contributed by atoms with Crippen molar-refractivity contribution in [3.8, 4) is 11.4 Å². The molecule has 3 aromatic rings. The van der Waals surface area contributed by atoms with Crippen LogP contribution >= 0.6 is 0 Å². The van der Waals surface area contributed by atoms with E-state index in [1.54, 1.807) is 24.3 Å². The number of amides is 2. The second-order valence-electron chi connectivity index (χ2n) is 7.18. The molecule has 11 heteroatoms. The maximum absolute atomic E-state index is 13.3. The topological polar surface area (TPSA) is 119 Å². The molecular weight excluding hydrogens is 439 g/mol. The van der Waals surface area contributed by atoms with Gasteiger partial charge < -0.3 is 15.4 Å². The number of halogens is 1. The van der Waals surface area contributed by atoms with Gasteiger partial charge in [-0.1, -0.05) is 12.1 Å². The van der Waals surface area contributed by atoms with E-state index in [0.29, 0.717) is 17.0 Å². The highest BCUT2D eigenvalue weighted by Crippen LogP contribution is 2.33. The Morgan fingerprint density at radius 3 is 2.59 bits per heavy atom. The van der Waals surface area contributed by atoms with Gasteiger partial charge in [-0.05, 0) is 42.0 Å². The lowest BCUT2D eigenvalue weighted by atomic mass is 10.2. The molecule has 0 radical (unpaired) electrons. The van der Waals surface area contributed by atoms with Crippen molar-refractivity contribution in [2.24, 2.45) is 0 Å². The van der Waals surface area contributed by atoms with E-state index in [4.69, 9.17) is 4.74 Å². The molecule has 2 heterocycles. The minimum Gasteiger partial charge on any atom is -0.497 e. The van der Waals surface area contributed by atoms with Gasteiger partial charge in [0, 0.05) is 12.1 Å². The summed E-state index contributed by atoms with van der Waals surface area (Å²) in [6.07, 6.45) is 0. The van der Waals surface area contributed by atoms with Gasteiger partial charge in [0.1, 0.15) is 17.4 Å². The Labute approximate surface area is 183 Å². The van der Waals surface area contributed by atoms with Crippen LogP contribution in [0.1, 0.15) is 16.8 Å². The van der Waals surface area contributed by atoms with Crippen LogP contribution in [0.2, 0.25) is 0 Å². The van der Waals surface area contributed by atoms with Crippen LogP contribution in [0, 0.1) is 5.82 Å². The zero-order valence-corrected chi connectivity index (χ0v) is 17.8. The van der Waals surface area contributed by atoms with Crippen molar-refractivity contribution in [2.75, 3.05) is 12.4 Å². The molecule has 0 unspecified atom stereocenters. The molecule has 0 fully saturated rings. The number of aromatic nitrogens is 2. The quantitative estimate of drug-likeness (QED) is 0.562. The number of sulfone groups is 1. The van der Waals surface area contributed by atoms with Gasteiger partial charge in [0.25, 0.3) is 0 Å². The van der Waals surface area contributed by atoms with Gasteiger partial charge in [0.2, 0.25) is 0 Å². The van der Waals surface area contributed by atoms with Crippen molar-refractivity contribution in [3.05, 3.63) is 71.2 Å². The Balaban J connectivity index is 1.55. The number of methoxy groups -OCH3 is 1. The third-order valence-corrected chi connectivity index (χ3v) is 6.33. The van der Waals surface area contributed by atoms with Gasteiger partial charge in [-0.15, -0.1) is 0 Å². The fraction of sp³-hybridized carbons (Fsp3) is 0.190. The standard InChI is InChI=1S/C21H19FN4O5S/c1-31-16-4-2-3-13(9-16)10-23-20(27)21(28)24-19-17-11-32(29,30)12-18(17)25-26(19)15-7-5-14(22)6-8-15/h2-9H,10-12H2,1H3,(H,23,27)(H,24,28). The van der Waals surface area contributed by atoms with Crippen LogP contribution in [0.4, 0.5) is 10.2 Å². The van der Waals surface area contributed by atoms with Gasteiger partial charge in [-0.25, -0.2) is 17.5 Å². The third kappa shape index (κ3) is 4.47. The van der Waals surface area contributed by atoms with E-state index in [1.807, 2.05) is 0 Å². The highest BCUT2D eigenvalue weighted by molar-refractivity contribution is 7.90. The first-order valence-electron chi connectivity index (χ1n) is 9.55. The average Bonchev–Trinajstić information content (AvgIpc) is 3.24. The van der Waals surface area contributed by atoms with E-state index >= 15 is 0 Å². The Hall–Kier alpha value is -3.73. The summed E-state index contributed by atoms with van der Waals surface area (Å²) in [5.74, 6) is -2.27. The van der Waals surface area contributed by atoms with E-state index in [0.717, 1.165) is 5.56 Å². The van der Waals surface area contributed by atoms with Gasteiger partial charge in [-0.2, -0.15) is 5.10 Å². The molecule has 166 valence electrons. The molecular formula is C21H19FN4O5S. The molecule has 0 aliphatic carbocycles. The Morgan fingerprint density at radius 1 is 1.12 bits per heavy atom. The SMILES string of the molecule is COc1cccc(CNC(=O)C(=O)Nc2c3c(nn2-c2ccc(F)cc2)CS(=O)(=O)C3)c1. The first-order chi connectivity index (χ1) is 15.3. The number of fused-ring (bicyclic) bond motifs is 1. The van der Waals surface area contributed by atoms with Crippen molar-refractivity contribution in [3.63, 3.8) is 0 Å². The molecule has 2 aromatic carbocycles. The number of ether oxygens (including phenoxy) is 1. The average molecular weight is 458 g/mol. The minimum atomic E-state index is -3.40. The number of carbonyl (C=O) groups is 2. The number of anilines is 1. The minimum absolute atomic E-state index is 0.0641. The number of benzene rings is 2. The van der Waals surface area contributed by atoms with Crippen molar-refractivity contribution in [1.82, 2.24) is 15.1 Å². The number of carbonyl (C=O) groups excluding carboxylic acids is 2. The summed E-state index contributed by atoms with van der Waals surface area (Å²) in [5.41, 5.74) is 1.73. The predicted octanol–water partition coefficient (Wildman–Crippen LogP) is 1.70. The molecule has 0 atom stereocenters. The van der Waals surface area contributed by atoms with E-state index in [1.165, 1.54) is 36.1 Å². The van der Waals surface area contributed by atoms with Gasteiger partial charge in [0.15, 0.2) is 9.84 Å². The third-order valence-electron chi connectivity index (χ3n) is 4.88. The first-order valence-corrected chi connectivity index (χ1v) is 11.4. The van der Waals surface area contributed by atoms with Crippen molar-refractivity contribution >= 4 is 27.5 Å². The molecule has 9 nitrogen and oxygen atoms in total. The zero-order chi connectivity index (χ0) is 22.9. The number of hydrogen-bond acceptors (Lipinski definition) is 6. The number of nitrogens with zero attached hydrogens (tertiary/aromatic N) is 2. The highest BCUT2D eigenvalue weighted by atomic mass is 32.2. The molecule has 0 saturated heterocycles. The molecule has 32 heavy (non-hydrogen) atoms. The zero-order valence-electron chi connectivity index (χ0n) is 17.0. The number of rotatable bonds is 5. The molecule has 1 aromatic heterocycles. The second kappa shape index (κ2) is 8.42. The predicted molar refractivity (Wildman–Crippen MR) is 113 cm³/mol. The van der Waals surface area contributed by atoms with Crippen LogP contribution < -0.4 is 15.4 Å². The molecule has 2 N–H and O–H groups in total. The molecule has 0 spiro atoms. The fourth-order valence-corrected chi connectivity index (χ4v) is 4.84. The maximum Gasteiger partial charge on any atom is 0.314 e. The summed E-state index contributed by atoms with van der Waals surface area (Å²) in [4.78, 5) is 24.9. The van der Waals surface area contributed by atoms with E-state index in [9.17, 15) is 22.4 Å². The number of nitrogens with one attached hydrogen (secondary N) is 2. The smallest absolute Gasteiger partial charge is 0.314 e. The maximum atomic E-state index is 13.3. The lowest BCUT2D eigenvalue weighted by Gasteiger charge is -2.11. The van der Waals surface area contributed by atoms with Gasteiger partial charge in [0.05, 0.1) is 30.0 Å². The Morgan fingerprint density at radius 2 is 1.88 bits per heavy atom. The van der Waals surface area contributed by atoms with Crippen LogP contribution in [0.15, 0.2) is 48.5 Å². The largest absolute Gasteiger partial charge is 0.497 e. The summed E-state index contributed by atoms with van der Waals surface area (Å²) < 4.78 is 43.8. The van der Waals surface area contributed by atoms with E-state index < -0.39 is 27.5 Å². The van der Waals surface area contributed by atoms with E-state index in [2.05, 4.69) is 15.7 Å². The van der Waals surface area contributed by atoms with Crippen LogP contribution in [0.25, 0.3) is 5.69 Å². The summed E-state index contributed by atoms with van der Waals surface area (Å²) in [7, 11) is -1.88. The van der Waals surface area contributed by atoms with E-state index in [-0.39, 0.29) is 29.6 Å². The van der Waals surface area contributed by atoms with Crippen LogP contribution in [0.5, 0.6) is 5.75 Å². The summed E-state index contributed by atoms with van der Waals surface area (Å²) in [6, 6.07) is 12.3. The molecule has 0 saturated carbocycles. The summed E-state index contributed by atoms with van der Waals surface area (Å²) in [5, 5.41) is 9.24. The lowest BCUT2D eigenvalue weighted by molar-refractivity contribution is -0.136. The molecule has 1 aliphatic heterocycles. The van der Waals surface area contributed by atoms with Crippen LogP contribution in [-0.4, -0.2) is 37.1 Å². The normalized spacial score (nSPS) is 13.9. The molecule has 2 amide bonds. The van der Waals surface area contributed by atoms with Crippen LogP contribution in [0.3, 0.4) is 0 Å². The Kier molecular flexibility index (Phi) is 5.66. The van der Waals surface area contributed by atoms with Gasteiger partial charge in [-0.3, -0.25) is 9.59 Å². The highest BCUT2D eigenvalue weighted by Gasteiger charge is 2.33. The molecule has 0 bridgehead atoms. The first kappa shape index (κ1) is 21.5. The fourth-order valence-electron chi connectivity index (χ4n) is 3.35. The summed E-state index contributed by atoms with van der Waals surface area (Å²) >= 11 is 0. The van der Waals surface area contributed by atoms with Gasteiger partial charge >= 0.3 is 11.8 Å². The van der Waals surface area contributed by atoms with Crippen molar-refractivity contribution < 1.29 is 27.1 Å². The molecule has 4 rings (SSSR count). The second-order valence-corrected chi connectivity index (χ2v) is 9.25. The summed E-state index contributed by atoms with van der Waals surface area (Å²) in [6.45, 7) is 0.0904. The van der Waals surface area contributed by atoms with Crippen LogP contribution in [-0.2, 0) is 37.5 Å². The van der Waals surface area contributed by atoms with Crippen molar-refractivity contribution in [2.45, 2.75) is 18.1 Å².